The van der Waals surface area contributed by atoms with E-state index < -0.39 is 0 Å². The second-order valence-corrected chi connectivity index (χ2v) is 5.06. The summed E-state index contributed by atoms with van der Waals surface area (Å²) in [6.07, 6.45) is 0. The summed E-state index contributed by atoms with van der Waals surface area (Å²) in [5.41, 5.74) is 3.16. The number of aromatic nitrogens is 2. The molecule has 3 rings (SSSR count). The highest BCUT2D eigenvalue weighted by molar-refractivity contribution is 6.16. The van der Waals surface area contributed by atoms with Crippen LogP contribution >= 0.6 is 11.6 Å². The second-order valence-electron chi connectivity index (χ2n) is 4.79. The molecule has 0 amide bonds. The maximum Gasteiger partial charge on any atom is 0.147 e. The van der Waals surface area contributed by atoms with Gasteiger partial charge in [0.05, 0.1) is 18.0 Å². The Bertz CT molecular complexity index is 737. The van der Waals surface area contributed by atoms with Crippen molar-refractivity contribution in [3.63, 3.8) is 0 Å². The van der Waals surface area contributed by atoms with Crippen LogP contribution in [0, 0.1) is 0 Å². The van der Waals surface area contributed by atoms with E-state index >= 15 is 0 Å². The zero-order valence-corrected chi connectivity index (χ0v) is 12.7. The highest BCUT2D eigenvalue weighted by Crippen LogP contribution is 2.27. The van der Waals surface area contributed by atoms with Gasteiger partial charge >= 0.3 is 0 Å². The monoisotopic (exact) mass is 300 g/mol. The van der Waals surface area contributed by atoms with E-state index in [4.69, 9.17) is 16.3 Å². The summed E-state index contributed by atoms with van der Waals surface area (Å²) in [5, 5.41) is 0. The molecule has 2 aromatic carbocycles. The van der Waals surface area contributed by atoms with Gasteiger partial charge in [-0.2, -0.15) is 0 Å². The molecule has 0 atom stereocenters. The second kappa shape index (κ2) is 6.19. The average Bonchev–Trinajstić information content (AvgIpc) is 2.88. The first kappa shape index (κ1) is 14.0. The Hall–Kier alpha value is -2.00. The Balaban J connectivity index is 2.10. The number of imidazole rings is 1. The van der Waals surface area contributed by atoms with E-state index in [1.165, 1.54) is 5.56 Å². The van der Waals surface area contributed by atoms with Gasteiger partial charge in [-0.25, -0.2) is 4.98 Å². The fourth-order valence-electron chi connectivity index (χ4n) is 2.49. The summed E-state index contributed by atoms with van der Waals surface area (Å²) in [6.45, 7) is 3.36. The van der Waals surface area contributed by atoms with E-state index in [-0.39, 0.29) is 0 Å². The van der Waals surface area contributed by atoms with Gasteiger partial charge in [-0.3, -0.25) is 0 Å². The lowest BCUT2D eigenvalue weighted by Gasteiger charge is -2.08. The van der Waals surface area contributed by atoms with Crippen molar-refractivity contribution in [1.29, 1.82) is 0 Å². The predicted molar refractivity (Wildman–Crippen MR) is 86.0 cm³/mol. The van der Waals surface area contributed by atoms with Gasteiger partial charge in [0, 0.05) is 6.54 Å². The van der Waals surface area contributed by atoms with Crippen LogP contribution in [-0.4, -0.2) is 16.2 Å². The van der Waals surface area contributed by atoms with E-state index in [0.717, 1.165) is 29.2 Å². The molecule has 0 unspecified atom stereocenters. The maximum absolute atomic E-state index is 6.08. The number of fused-ring (bicyclic) bond motifs is 1. The topological polar surface area (TPSA) is 27.1 Å². The molecule has 0 aliphatic carbocycles. The summed E-state index contributed by atoms with van der Waals surface area (Å²) in [7, 11) is 0. The molecule has 0 fully saturated rings. The van der Waals surface area contributed by atoms with Gasteiger partial charge in [-0.05, 0) is 24.6 Å². The quantitative estimate of drug-likeness (QED) is 0.660. The van der Waals surface area contributed by atoms with Crippen LogP contribution < -0.4 is 4.74 Å². The Labute approximate surface area is 129 Å². The van der Waals surface area contributed by atoms with Gasteiger partial charge in [0.2, 0.25) is 0 Å². The van der Waals surface area contributed by atoms with Gasteiger partial charge < -0.3 is 9.30 Å². The van der Waals surface area contributed by atoms with Crippen LogP contribution in [0.3, 0.4) is 0 Å². The number of halogens is 1. The Kier molecular flexibility index (Phi) is 4.11. The third-order valence-corrected chi connectivity index (χ3v) is 3.66. The Morgan fingerprint density at radius 1 is 1.10 bits per heavy atom. The number of nitrogens with zero attached hydrogens (tertiary/aromatic N) is 2. The van der Waals surface area contributed by atoms with Crippen molar-refractivity contribution in [3.05, 3.63) is 59.9 Å². The molecule has 108 valence electrons. The number of rotatable bonds is 5. The van der Waals surface area contributed by atoms with Crippen molar-refractivity contribution in [2.24, 2.45) is 0 Å². The van der Waals surface area contributed by atoms with Crippen LogP contribution in [0.25, 0.3) is 11.0 Å². The average molecular weight is 301 g/mol. The van der Waals surface area contributed by atoms with E-state index in [9.17, 15) is 0 Å². The van der Waals surface area contributed by atoms with Gasteiger partial charge in [-0.1, -0.05) is 36.4 Å². The Morgan fingerprint density at radius 2 is 1.90 bits per heavy atom. The summed E-state index contributed by atoms with van der Waals surface area (Å²) in [4.78, 5) is 4.65. The summed E-state index contributed by atoms with van der Waals surface area (Å²) < 4.78 is 7.82. The molecule has 0 saturated heterocycles. The van der Waals surface area contributed by atoms with Gasteiger partial charge in [0.25, 0.3) is 0 Å². The third kappa shape index (κ3) is 2.74. The number of para-hydroxylation sites is 1. The first-order valence-corrected chi connectivity index (χ1v) is 7.57. The molecule has 1 heterocycles. The van der Waals surface area contributed by atoms with Crippen molar-refractivity contribution in [1.82, 2.24) is 9.55 Å². The minimum Gasteiger partial charge on any atom is -0.492 e. The van der Waals surface area contributed by atoms with E-state index in [0.29, 0.717) is 12.5 Å². The highest BCUT2D eigenvalue weighted by atomic mass is 35.5. The van der Waals surface area contributed by atoms with Crippen molar-refractivity contribution >= 4 is 22.6 Å². The normalized spacial score (nSPS) is 11.0. The number of hydrogen-bond acceptors (Lipinski definition) is 2. The van der Waals surface area contributed by atoms with Crippen LogP contribution in [0.5, 0.6) is 5.75 Å². The minimum atomic E-state index is 0.382. The minimum absolute atomic E-state index is 0.382. The first-order valence-electron chi connectivity index (χ1n) is 7.04. The van der Waals surface area contributed by atoms with Crippen molar-refractivity contribution in [2.75, 3.05) is 6.61 Å². The van der Waals surface area contributed by atoms with Crippen molar-refractivity contribution in [3.8, 4) is 5.75 Å². The standard InChI is InChI=1S/C17H17ClN2O/c1-2-21-15-10-6-9-14-17(15)19-16(11-18)20(14)12-13-7-4-3-5-8-13/h3-10H,2,11-12H2,1H3. The predicted octanol–water partition coefficient (Wildman–Crippen LogP) is 4.22. The highest BCUT2D eigenvalue weighted by Gasteiger charge is 2.13. The molecule has 21 heavy (non-hydrogen) atoms. The zero-order valence-electron chi connectivity index (χ0n) is 11.9. The van der Waals surface area contributed by atoms with Crippen molar-refractivity contribution < 1.29 is 4.74 Å². The maximum atomic E-state index is 6.08. The van der Waals surface area contributed by atoms with Crippen LogP contribution in [0.1, 0.15) is 18.3 Å². The van der Waals surface area contributed by atoms with Crippen molar-refractivity contribution in [2.45, 2.75) is 19.3 Å². The number of benzene rings is 2. The van der Waals surface area contributed by atoms with E-state index in [1.54, 1.807) is 0 Å². The van der Waals surface area contributed by atoms with Gasteiger partial charge in [0.1, 0.15) is 17.1 Å². The first-order chi connectivity index (χ1) is 10.3. The number of ether oxygens (including phenoxy) is 1. The lowest BCUT2D eigenvalue weighted by Crippen LogP contribution is -2.03. The third-order valence-electron chi connectivity index (χ3n) is 3.42. The van der Waals surface area contributed by atoms with E-state index in [2.05, 4.69) is 27.8 Å². The molecule has 0 aliphatic heterocycles. The molecule has 0 N–H and O–H groups in total. The van der Waals surface area contributed by atoms with Crippen LogP contribution in [-0.2, 0) is 12.4 Å². The summed E-state index contributed by atoms with van der Waals surface area (Å²) >= 11 is 6.08. The fraction of sp³-hybridized carbons (Fsp3) is 0.235. The Morgan fingerprint density at radius 3 is 2.62 bits per heavy atom. The molecule has 0 saturated carbocycles. The molecular weight excluding hydrogens is 284 g/mol. The molecular formula is C17H17ClN2O. The molecule has 0 radical (unpaired) electrons. The molecule has 3 nitrogen and oxygen atoms in total. The summed E-state index contributed by atoms with van der Waals surface area (Å²) in [6, 6.07) is 16.3. The smallest absolute Gasteiger partial charge is 0.147 e. The van der Waals surface area contributed by atoms with Crippen LogP contribution in [0.2, 0.25) is 0 Å². The molecule has 0 aliphatic rings. The van der Waals surface area contributed by atoms with Crippen LogP contribution in [0.4, 0.5) is 0 Å². The van der Waals surface area contributed by atoms with Gasteiger partial charge in [-0.15, -0.1) is 11.6 Å². The largest absolute Gasteiger partial charge is 0.492 e. The number of hydrogen-bond donors (Lipinski definition) is 0. The fourth-order valence-corrected chi connectivity index (χ4v) is 2.69. The molecule has 3 aromatic rings. The molecule has 1 aromatic heterocycles. The molecule has 0 spiro atoms. The summed E-state index contributed by atoms with van der Waals surface area (Å²) in [5.74, 6) is 2.06. The van der Waals surface area contributed by atoms with E-state index in [1.807, 2.05) is 37.3 Å². The van der Waals surface area contributed by atoms with Gasteiger partial charge in [0.15, 0.2) is 0 Å². The van der Waals surface area contributed by atoms with Crippen LogP contribution in [0.15, 0.2) is 48.5 Å². The lowest BCUT2D eigenvalue weighted by molar-refractivity contribution is 0.343. The SMILES string of the molecule is CCOc1cccc2c1nc(CCl)n2Cc1ccccc1. The number of alkyl halides is 1. The molecule has 0 bridgehead atoms. The zero-order chi connectivity index (χ0) is 14.7. The molecule has 4 heteroatoms. The lowest BCUT2D eigenvalue weighted by atomic mass is 10.2.